The highest BCUT2D eigenvalue weighted by atomic mass is 16.5. The van der Waals surface area contributed by atoms with E-state index in [1.165, 1.54) is 7.11 Å². The van der Waals surface area contributed by atoms with E-state index < -0.39 is 0 Å². The minimum absolute atomic E-state index is 0.223. The second-order valence-corrected chi connectivity index (χ2v) is 4.77. The quantitative estimate of drug-likeness (QED) is 0.855. The van der Waals surface area contributed by atoms with Crippen LogP contribution < -0.4 is 0 Å². The smallest absolute Gasteiger partial charge is 0.312 e. The lowest BCUT2D eigenvalue weighted by Gasteiger charge is -2.10. The molecule has 0 aliphatic carbocycles. The van der Waals surface area contributed by atoms with Crippen molar-refractivity contribution in [2.24, 2.45) is 5.92 Å². The van der Waals surface area contributed by atoms with Crippen molar-refractivity contribution in [3.8, 4) is 5.75 Å². The summed E-state index contributed by atoms with van der Waals surface area (Å²) in [6.07, 6.45) is 4.30. The van der Waals surface area contributed by atoms with Crippen LogP contribution in [-0.2, 0) is 16.0 Å². The van der Waals surface area contributed by atoms with Gasteiger partial charge in [0.25, 0.3) is 0 Å². The number of phenols is 1. The van der Waals surface area contributed by atoms with Gasteiger partial charge in [0.1, 0.15) is 5.75 Å². The summed E-state index contributed by atoms with van der Waals surface area (Å²) in [7, 11) is 1.40. The first kappa shape index (κ1) is 14.9. The molecule has 2 aromatic carbocycles. The molecule has 0 bridgehead atoms. The van der Waals surface area contributed by atoms with Crippen molar-refractivity contribution in [1.82, 2.24) is 0 Å². The van der Waals surface area contributed by atoms with Crippen LogP contribution in [0.25, 0.3) is 6.08 Å². The number of rotatable bonds is 5. The van der Waals surface area contributed by atoms with Gasteiger partial charge in [0.05, 0.1) is 13.0 Å². The summed E-state index contributed by atoms with van der Waals surface area (Å²) in [6, 6.07) is 16.7. The molecule has 1 N–H and O–H groups in total. The Morgan fingerprint density at radius 1 is 1.14 bits per heavy atom. The molecule has 0 radical (unpaired) electrons. The van der Waals surface area contributed by atoms with Gasteiger partial charge in [0, 0.05) is 0 Å². The first-order chi connectivity index (χ1) is 10.2. The SMILES string of the molecule is COC(=O)C(/C=C/c1ccc(O)cc1)Cc1ccccc1. The van der Waals surface area contributed by atoms with Crippen LogP contribution >= 0.6 is 0 Å². The second-order valence-electron chi connectivity index (χ2n) is 4.77. The molecule has 21 heavy (non-hydrogen) atoms. The van der Waals surface area contributed by atoms with E-state index >= 15 is 0 Å². The average Bonchev–Trinajstić information content (AvgIpc) is 2.53. The van der Waals surface area contributed by atoms with Crippen LogP contribution in [0.2, 0.25) is 0 Å². The molecule has 0 aliphatic heterocycles. The average molecular weight is 282 g/mol. The van der Waals surface area contributed by atoms with Crippen molar-refractivity contribution in [3.05, 3.63) is 71.8 Å². The first-order valence-electron chi connectivity index (χ1n) is 6.78. The molecular formula is C18H18O3. The third-order valence-corrected chi connectivity index (χ3v) is 3.22. The zero-order valence-corrected chi connectivity index (χ0v) is 11.9. The zero-order chi connectivity index (χ0) is 15.1. The third kappa shape index (κ3) is 4.49. The molecular weight excluding hydrogens is 264 g/mol. The summed E-state index contributed by atoms with van der Waals surface area (Å²) in [6.45, 7) is 0. The predicted molar refractivity (Wildman–Crippen MR) is 82.8 cm³/mol. The van der Waals surface area contributed by atoms with E-state index in [9.17, 15) is 9.90 Å². The number of hydrogen-bond donors (Lipinski definition) is 1. The largest absolute Gasteiger partial charge is 0.508 e. The van der Waals surface area contributed by atoms with Crippen molar-refractivity contribution in [1.29, 1.82) is 0 Å². The molecule has 1 atom stereocenters. The van der Waals surface area contributed by atoms with E-state index in [2.05, 4.69) is 0 Å². The van der Waals surface area contributed by atoms with Crippen LogP contribution in [0.15, 0.2) is 60.7 Å². The van der Waals surface area contributed by atoms with Gasteiger partial charge in [-0.15, -0.1) is 0 Å². The van der Waals surface area contributed by atoms with Crippen LogP contribution in [0.5, 0.6) is 5.75 Å². The van der Waals surface area contributed by atoms with Crippen molar-refractivity contribution in [2.45, 2.75) is 6.42 Å². The van der Waals surface area contributed by atoms with E-state index in [1.807, 2.05) is 42.5 Å². The van der Waals surface area contributed by atoms with E-state index in [-0.39, 0.29) is 17.6 Å². The fourth-order valence-corrected chi connectivity index (χ4v) is 2.06. The van der Waals surface area contributed by atoms with Crippen LogP contribution in [0, 0.1) is 5.92 Å². The number of aromatic hydroxyl groups is 1. The van der Waals surface area contributed by atoms with E-state index in [0.29, 0.717) is 6.42 Å². The van der Waals surface area contributed by atoms with Gasteiger partial charge in [-0.3, -0.25) is 4.79 Å². The number of carbonyl (C=O) groups excluding carboxylic acids is 1. The fraction of sp³-hybridized carbons (Fsp3) is 0.167. The normalized spacial score (nSPS) is 12.2. The minimum atomic E-state index is -0.328. The van der Waals surface area contributed by atoms with Gasteiger partial charge in [-0.1, -0.05) is 54.6 Å². The molecule has 3 nitrogen and oxygen atoms in total. The van der Waals surface area contributed by atoms with Crippen LogP contribution in [0.3, 0.4) is 0 Å². The van der Waals surface area contributed by atoms with Gasteiger partial charge in [-0.05, 0) is 29.7 Å². The number of hydrogen-bond acceptors (Lipinski definition) is 3. The molecule has 0 amide bonds. The first-order valence-corrected chi connectivity index (χ1v) is 6.78. The lowest BCUT2D eigenvalue weighted by Crippen LogP contribution is -2.16. The van der Waals surface area contributed by atoms with Crippen molar-refractivity contribution < 1.29 is 14.6 Å². The number of esters is 1. The summed E-state index contributed by atoms with van der Waals surface area (Å²) >= 11 is 0. The Labute approximate surface area is 124 Å². The maximum Gasteiger partial charge on any atom is 0.312 e. The molecule has 0 aromatic heterocycles. The monoisotopic (exact) mass is 282 g/mol. The van der Waals surface area contributed by atoms with Crippen molar-refractivity contribution in [3.63, 3.8) is 0 Å². The Morgan fingerprint density at radius 3 is 2.43 bits per heavy atom. The van der Waals surface area contributed by atoms with Crippen LogP contribution in [0.1, 0.15) is 11.1 Å². The molecule has 0 saturated carbocycles. The Hall–Kier alpha value is -2.55. The van der Waals surface area contributed by atoms with Gasteiger partial charge in [-0.2, -0.15) is 0 Å². The molecule has 108 valence electrons. The van der Waals surface area contributed by atoms with Crippen molar-refractivity contribution in [2.75, 3.05) is 7.11 Å². The molecule has 2 aromatic rings. The van der Waals surface area contributed by atoms with Gasteiger partial charge < -0.3 is 9.84 Å². The highest BCUT2D eigenvalue weighted by Crippen LogP contribution is 2.15. The Kier molecular flexibility index (Phi) is 5.16. The molecule has 2 rings (SSSR count). The number of benzene rings is 2. The molecule has 1 unspecified atom stereocenters. The van der Waals surface area contributed by atoms with Crippen LogP contribution in [-0.4, -0.2) is 18.2 Å². The molecule has 3 heteroatoms. The molecule has 0 fully saturated rings. The zero-order valence-electron chi connectivity index (χ0n) is 11.9. The lowest BCUT2D eigenvalue weighted by molar-refractivity contribution is -0.143. The third-order valence-electron chi connectivity index (χ3n) is 3.22. The maximum absolute atomic E-state index is 11.9. The number of phenolic OH excluding ortho intramolecular Hbond substituents is 1. The molecule has 0 aliphatic rings. The minimum Gasteiger partial charge on any atom is -0.508 e. The van der Waals surface area contributed by atoms with Gasteiger partial charge in [0.2, 0.25) is 0 Å². The van der Waals surface area contributed by atoms with E-state index in [1.54, 1.807) is 24.3 Å². The highest BCUT2D eigenvalue weighted by molar-refractivity contribution is 5.76. The Balaban J connectivity index is 2.13. The molecule has 0 spiro atoms. The van der Waals surface area contributed by atoms with Crippen molar-refractivity contribution >= 4 is 12.0 Å². The Bertz CT molecular complexity index is 600. The van der Waals surface area contributed by atoms with Gasteiger partial charge >= 0.3 is 5.97 Å². The maximum atomic E-state index is 11.9. The summed E-state index contributed by atoms with van der Waals surface area (Å²) in [5.74, 6) is -0.360. The van der Waals surface area contributed by atoms with E-state index in [0.717, 1.165) is 11.1 Å². The number of methoxy groups -OCH3 is 1. The number of carbonyl (C=O) groups is 1. The van der Waals surface area contributed by atoms with E-state index in [4.69, 9.17) is 4.74 Å². The Morgan fingerprint density at radius 2 is 1.81 bits per heavy atom. The lowest BCUT2D eigenvalue weighted by atomic mass is 9.98. The summed E-state index contributed by atoms with van der Waals surface area (Å²) in [5.41, 5.74) is 2.01. The summed E-state index contributed by atoms with van der Waals surface area (Å²) in [4.78, 5) is 11.9. The predicted octanol–water partition coefficient (Wildman–Crippen LogP) is 3.44. The molecule has 0 heterocycles. The summed E-state index contributed by atoms with van der Waals surface area (Å²) < 4.78 is 4.86. The van der Waals surface area contributed by atoms with Gasteiger partial charge in [-0.25, -0.2) is 0 Å². The summed E-state index contributed by atoms with van der Waals surface area (Å²) in [5, 5.41) is 9.26. The fourth-order valence-electron chi connectivity index (χ4n) is 2.06. The standard InChI is InChI=1S/C18H18O3/c1-21-18(20)16(13-15-5-3-2-4-6-15)10-7-14-8-11-17(19)12-9-14/h2-12,16,19H,13H2,1H3/b10-7+. The number of ether oxygens (including phenoxy) is 1. The molecule has 0 saturated heterocycles. The highest BCUT2D eigenvalue weighted by Gasteiger charge is 2.16. The topological polar surface area (TPSA) is 46.5 Å². The second kappa shape index (κ2) is 7.29. The van der Waals surface area contributed by atoms with Gasteiger partial charge in [0.15, 0.2) is 0 Å². The van der Waals surface area contributed by atoms with Crippen LogP contribution in [0.4, 0.5) is 0 Å².